The lowest BCUT2D eigenvalue weighted by molar-refractivity contribution is -0.151. The van der Waals surface area contributed by atoms with Gasteiger partial charge in [0.25, 0.3) is 5.91 Å². The van der Waals surface area contributed by atoms with E-state index < -0.39 is 6.10 Å². The zero-order valence-corrected chi connectivity index (χ0v) is 20.5. The van der Waals surface area contributed by atoms with Crippen LogP contribution < -0.4 is 14.2 Å². The Morgan fingerprint density at radius 3 is 2.71 bits per heavy atom. The van der Waals surface area contributed by atoms with Gasteiger partial charge in [-0.2, -0.15) is 0 Å². The molecule has 0 spiro atoms. The van der Waals surface area contributed by atoms with Gasteiger partial charge in [-0.3, -0.25) is 9.69 Å². The zero-order chi connectivity index (χ0) is 23.9. The second kappa shape index (κ2) is 11.6. The Labute approximate surface area is 202 Å². The van der Waals surface area contributed by atoms with Gasteiger partial charge in [-0.1, -0.05) is 38.1 Å². The van der Waals surface area contributed by atoms with Crippen molar-refractivity contribution in [3.05, 3.63) is 53.6 Å². The molecule has 0 aliphatic carbocycles. The minimum atomic E-state index is -0.484. The van der Waals surface area contributed by atoms with E-state index in [1.807, 2.05) is 41.3 Å². The van der Waals surface area contributed by atoms with Crippen LogP contribution in [0, 0.1) is 5.92 Å². The Bertz CT molecular complexity index is 964. The summed E-state index contributed by atoms with van der Waals surface area (Å²) in [4.78, 5) is 17.8. The number of rotatable bonds is 8. The number of nitrogens with zero attached hydrogens (tertiary/aromatic N) is 2. The summed E-state index contributed by atoms with van der Waals surface area (Å²) in [5.41, 5.74) is 2.14. The van der Waals surface area contributed by atoms with E-state index in [2.05, 4.69) is 24.8 Å². The van der Waals surface area contributed by atoms with Gasteiger partial charge in [-0.05, 0) is 29.7 Å². The molecule has 2 aromatic carbocycles. The standard InChI is InChI=1S/C27H36N2O5/c1-20(2)16-29(17-21-9-10-24-25(15-21)33-13-6-12-32-24)27(30)26-19-28(11-14-34-26)18-22-7-4-5-8-23(22)31-3/h4-5,7-10,15,20,26H,6,11-14,16-19H2,1-3H3. The van der Waals surface area contributed by atoms with Crippen molar-refractivity contribution < 1.29 is 23.7 Å². The Hall–Kier alpha value is -2.77. The van der Waals surface area contributed by atoms with Gasteiger partial charge in [0.2, 0.25) is 0 Å². The molecule has 7 heteroatoms. The van der Waals surface area contributed by atoms with Crippen LogP contribution in [-0.2, 0) is 22.6 Å². The van der Waals surface area contributed by atoms with Gasteiger partial charge in [0.05, 0.1) is 26.9 Å². The van der Waals surface area contributed by atoms with Crippen molar-refractivity contribution in [2.75, 3.05) is 46.6 Å². The molecule has 7 nitrogen and oxygen atoms in total. The highest BCUT2D eigenvalue weighted by Gasteiger charge is 2.31. The molecule has 184 valence electrons. The molecule has 1 saturated heterocycles. The lowest BCUT2D eigenvalue weighted by atomic mass is 10.1. The predicted octanol–water partition coefficient (Wildman–Crippen LogP) is 3.74. The summed E-state index contributed by atoms with van der Waals surface area (Å²) in [6.45, 7) is 9.35. The van der Waals surface area contributed by atoms with Gasteiger partial charge in [0.15, 0.2) is 11.5 Å². The van der Waals surface area contributed by atoms with Crippen molar-refractivity contribution in [2.24, 2.45) is 5.92 Å². The lowest BCUT2D eigenvalue weighted by Crippen LogP contribution is -2.51. The highest BCUT2D eigenvalue weighted by molar-refractivity contribution is 5.81. The fourth-order valence-corrected chi connectivity index (χ4v) is 4.47. The first-order valence-electron chi connectivity index (χ1n) is 12.2. The number of carbonyl (C=O) groups is 1. The van der Waals surface area contributed by atoms with Crippen LogP contribution in [-0.4, -0.2) is 68.4 Å². The number of amides is 1. The fraction of sp³-hybridized carbons (Fsp3) is 0.519. The van der Waals surface area contributed by atoms with Crippen LogP contribution in [0.1, 0.15) is 31.4 Å². The highest BCUT2D eigenvalue weighted by atomic mass is 16.5. The third-order valence-electron chi connectivity index (χ3n) is 6.10. The molecule has 1 atom stereocenters. The van der Waals surface area contributed by atoms with E-state index in [1.165, 1.54) is 0 Å². The first kappa shape index (κ1) is 24.4. The fourth-order valence-electron chi connectivity index (χ4n) is 4.47. The van der Waals surface area contributed by atoms with E-state index in [-0.39, 0.29) is 5.91 Å². The molecule has 2 aromatic rings. The van der Waals surface area contributed by atoms with Crippen LogP contribution in [0.15, 0.2) is 42.5 Å². The minimum Gasteiger partial charge on any atom is -0.496 e. The Morgan fingerprint density at radius 2 is 1.91 bits per heavy atom. The first-order valence-corrected chi connectivity index (χ1v) is 12.2. The number of morpholine rings is 1. The van der Waals surface area contributed by atoms with Crippen molar-refractivity contribution in [1.82, 2.24) is 9.80 Å². The average molecular weight is 469 g/mol. The van der Waals surface area contributed by atoms with E-state index in [1.54, 1.807) is 7.11 Å². The molecule has 1 amide bonds. The van der Waals surface area contributed by atoms with Crippen LogP contribution >= 0.6 is 0 Å². The predicted molar refractivity (Wildman–Crippen MR) is 130 cm³/mol. The molecule has 0 bridgehead atoms. The van der Waals surface area contributed by atoms with Gasteiger partial charge in [-0.15, -0.1) is 0 Å². The highest BCUT2D eigenvalue weighted by Crippen LogP contribution is 2.31. The quantitative estimate of drug-likeness (QED) is 0.588. The molecule has 1 fully saturated rings. The number of methoxy groups -OCH3 is 1. The minimum absolute atomic E-state index is 0.0329. The molecule has 0 N–H and O–H groups in total. The van der Waals surface area contributed by atoms with Gasteiger partial charge < -0.3 is 23.8 Å². The molecule has 1 unspecified atom stereocenters. The van der Waals surface area contributed by atoms with Crippen molar-refractivity contribution in [2.45, 2.75) is 39.5 Å². The monoisotopic (exact) mass is 468 g/mol. The van der Waals surface area contributed by atoms with E-state index >= 15 is 0 Å². The summed E-state index contributed by atoms with van der Waals surface area (Å²) in [5.74, 6) is 2.77. The van der Waals surface area contributed by atoms with Crippen molar-refractivity contribution in [3.8, 4) is 17.2 Å². The number of ether oxygens (including phenoxy) is 4. The first-order chi connectivity index (χ1) is 16.5. The average Bonchev–Trinajstić information content (AvgIpc) is 3.08. The number of hydrogen-bond acceptors (Lipinski definition) is 6. The topological polar surface area (TPSA) is 60.5 Å². The third kappa shape index (κ3) is 6.21. The number of benzene rings is 2. The third-order valence-corrected chi connectivity index (χ3v) is 6.10. The largest absolute Gasteiger partial charge is 0.496 e. The second-order valence-electron chi connectivity index (χ2n) is 9.35. The molecule has 4 rings (SSSR count). The number of hydrogen-bond donors (Lipinski definition) is 0. The van der Waals surface area contributed by atoms with Crippen molar-refractivity contribution >= 4 is 5.91 Å². The van der Waals surface area contributed by atoms with Crippen molar-refractivity contribution in [3.63, 3.8) is 0 Å². The summed E-state index contributed by atoms with van der Waals surface area (Å²) in [5, 5.41) is 0. The SMILES string of the molecule is COc1ccccc1CN1CCOC(C(=O)N(Cc2ccc3c(c2)OCCCO3)CC(C)C)C1. The molecule has 2 aliphatic rings. The maximum atomic E-state index is 13.6. The van der Waals surface area contributed by atoms with Gasteiger partial charge in [-0.25, -0.2) is 0 Å². The molecular formula is C27H36N2O5. The van der Waals surface area contributed by atoms with E-state index in [0.29, 0.717) is 45.4 Å². The number of fused-ring (bicyclic) bond motifs is 1. The normalized spacial score (nSPS) is 18.4. The van der Waals surface area contributed by atoms with Crippen LogP contribution in [0.3, 0.4) is 0 Å². The smallest absolute Gasteiger partial charge is 0.253 e. The zero-order valence-electron chi connectivity index (χ0n) is 20.5. The summed E-state index contributed by atoms with van der Waals surface area (Å²) in [6, 6.07) is 14.0. The maximum Gasteiger partial charge on any atom is 0.253 e. The van der Waals surface area contributed by atoms with Crippen LogP contribution in [0.4, 0.5) is 0 Å². The summed E-state index contributed by atoms with van der Waals surface area (Å²) < 4.78 is 23.1. The molecule has 0 aromatic heterocycles. The molecule has 0 radical (unpaired) electrons. The summed E-state index contributed by atoms with van der Waals surface area (Å²) in [7, 11) is 1.69. The molecule has 0 saturated carbocycles. The van der Waals surface area contributed by atoms with E-state index in [4.69, 9.17) is 18.9 Å². The molecule has 34 heavy (non-hydrogen) atoms. The van der Waals surface area contributed by atoms with Gasteiger partial charge in [0, 0.05) is 44.7 Å². The maximum absolute atomic E-state index is 13.6. The van der Waals surface area contributed by atoms with Gasteiger partial charge in [0.1, 0.15) is 11.9 Å². The van der Waals surface area contributed by atoms with E-state index in [0.717, 1.165) is 47.9 Å². The molecule has 2 heterocycles. The lowest BCUT2D eigenvalue weighted by Gasteiger charge is -2.35. The second-order valence-corrected chi connectivity index (χ2v) is 9.35. The van der Waals surface area contributed by atoms with Crippen LogP contribution in [0.5, 0.6) is 17.2 Å². The number of para-hydroxylation sites is 1. The molecule has 2 aliphatic heterocycles. The molecular weight excluding hydrogens is 432 g/mol. The van der Waals surface area contributed by atoms with Gasteiger partial charge >= 0.3 is 0 Å². The summed E-state index contributed by atoms with van der Waals surface area (Å²) >= 11 is 0. The summed E-state index contributed by atoms with van der Waals surface area (Å²) in [6.07, 6.45) is 0.384. The van der Waals surface area contributed by atoms with Crippen molar-refractivity contribution in [1.29, 1.82) is 0 Å². The van der Waals surface area contributed by atoms with Crippen LogP contribution in [0.2, 0.25) is 0 Å². The Kier molecular flexibility index (Phi) is 8.29. The van der Waals surface area contributed by atoms with Crippen LogP contribution in [0.25, 0.3) is 0 Å². The Morgan fingerprint density at radius 1 is 1.12 bits per heavy atom. The number of carbonyl (C=O) groups excluding carboxylic acids is 1. The Balaban J connectivity index is 1.45. The van der Waals surface area contributed by atoms with E-state index in [9.17, 15) is 4.79 Å².